The third-order valence-electron chi connectivity index (χ3n) is 3.07. The number of amides is 1. The molecule has 19 heavy (non-hydrogen) atoms. The monoisotopic (exact) mass is 342 g/mol. The van der Waals surface area contributed by atoms with E-state index in [1.54, 1.807) is 18.2 Å². The van der Waals surface area contributed by atoms with Gasteiger partial charge >= 0.3 is 0 Å². The summed E-state index contributed by atoms with van der Waals surface area (Å²) in [6.45, 7) is 2.63. The summed E-state index contributed by atoms with van der Waals surface area (Å²) in [7, 11) is 0. The molecular weight excluding hydrogens is 328 g/mol. The van der Waals surface area contributed by atoms with Crippen LogP contribution in [0.5, 0.6) is 0 Å². The summed E-state index contributed by atoms with van der Waals surface area (Å²) in [5.74, 6) is -0.0797. The average Bonchev–Trinajstić information content (AvgIpc) is 2.43. The van der Waals surface area contributed by atoms with E-state index in [1.807, 2.05) is 0 Å². The van der Waals surface area contributed by atoms with Gasteiger partial charge in [0.1, 0.15) is 0 Å². The number of hydrogen-bond donors (Lipinski definition) is 2. The van der Waals surface area contributed by atoms with Gasteiger partial charge < -0.3 is 10.6 Å². The van der Waals surface area contributed by atoms with E-state index in [-0.39, 0.29) is 5.91 Å². The zero-order valence-corrected chi connectivity index (χ0v) is 12.9. The maximum atomic E-state index is 11.9. The molecule has 5 heteroatoms. The molecule has 1 aromatic carbocycles. The molecule has 2 N–H and O–H groups in total. The fraction of sp³-hybridized carbons (Fsp3) is 0.357. The first-order valence-corrected chi connectivity index (χ1v) is 7.46. The highest BCUT2D eigenvalue weighted by Crippen LogP contribution is 2.23. The Hall–Kier alpha value is -0.840. The first-order valence-electron chi connectivity index (χ1n) is 6.28. The molecule has 1 aromatic rings. The van der Waals surface area contributed by atoms with Gasteiger partial charge in [0.05, 0.1) is 5.02 Å². The van der Waals surface area contributed by atoms with E-state index >= 15 is 0 Å². The van der Waals surface area contributed by atoms with Crippen LogP contribution in [0.2, 0.25) is 5.02 Å². The summed E-state index contributed by atoms with van der Waals surface area (Å²) in [5, 5.41) is 6.74. The molecular formula is C14H16BrClN2O. The molecule has 0 aromatic heterocycles. The van der Waals surface area contributed by atoms with Gasteiger partial charge in [-0.05, 0) is 53.5 Å². The average molecular weight is 344 g/mol. The Bertz CT molecular complexity index is 502. The molecule has 0 bridgehead atoms. The number of halogens is 2. The van der Waals surface area contributed by atoms with Crippen molar-refractivity contribution in [1.29, 1.82) is 0 Å². The molecule has 1 aliphatic rings. The SMILES string of the molecule is O=C(NCCC1=CCNCC1)c1ccc(Br)c(Cl)c1. The van der Waals surface area contributed by atoms with Crippen molar-refractivity contribution >= 4 is 33.4 Å². The lowest BCUT2D eigenvalue weighted by Gasteiger charge is -2.14. The molecule has 0 atom stereocenters. The van der Waals surface area contributed by atoms with Crippen LogP contribution in [0.4, 0.5) is 0 Å². The van der Waals surface area contributed by atoms with E-state index in [0.29, 0.717) is 17.1 Å². The fourth-order valence-corrected chi connectivity index (χ4v) is 2.40. The standard InChI is InChI=1S/C14H16BrClN2O/c15-12-2-1-11(9-13(12)16)14(19)18-8-5-10-3-6-17-7-4-10/h1-3,9,17H,4-8H2,(H,18,19). The van der Waals surface area contributed by atoms with Gasteiger partial charge in [-0.3, -0.25) is 4.79 Å². The summed E-state index contributed by atoms with van der Waals surface area (Å²) >= 11 is 9.28. The van der Waals surface area contributed by atoms with Crippen molar-refractivity contribution in [3.05, 3.63) is 44.9 Å². The van der Waals surface area contributed by atoms with Gasteiger partial charge in [-0.1, -0.05) is 23.3 Å². The Balaban J connectivity index is 1.83. The van der Waals surface area contributed by atoms with E-state index < -0.39 is 0 Å². The lowest BCUT2D eigenvalue weighted by atomic mass is 10.1. The van der Waals surface area contributed by atoms with Crippen molar-refractivity contribution in [3.63, 3.8) is 0 Å². The maximum absolute atomic E-state index is 11.9. The Morgan fingerprint density at radius 3 is 3.00 bits per heavy atom. The summed E-state index contributed by atoms with van der Waals surface area (Å²) in [4.78, 5) is 11.9. The summed E-state index contributed by atoms with van der Waals surface area (Å²) in [5.41, 5.74) is 2.00. The highest BCUT2D eigenvalue weighted by Gasteiger charge is 2.08. The first-order chi connectivity index (χ1) is 9.16. The smallest absolute Gasteiger partial charge is 0.251 e. The van der Waals surface area contributed by atoms with Crippen molar-refractivity contribution in [1.82, 2.24) is 10.6 Å². The molecule has 0 saturated heterocycles. The van der Waals surface area contributed by atoms with E-state index in [2.05, 4.69) is 32.6 Å². The Labute approximate surface area is 126 Å². The Morgan fingerprint density at radius 1 is 1.47 bits per heavy atom. The molecule has 1 heterocycles. The highest BCUT2D eigenvalue weighted by molar-refractivity contribution is 9.10. The second-order valence-electron chi connectivity index (χ2n) is 4.45. The molecule has 3 nitrogen and oxygen atoms in total. The number of rotatable bonds is 4. The van der Waals surface area contributed by atoms with Crippen molar-refractivity contribution in [2.24, 2.45) is 0 Å². The largest absolute Gasteiger partial charge is 0.352 e. The zero-order chi connectivity index (χ0) is 13.7. The van der Waals surface area contributed by atoms with Crippen LogP contribution in [0.1, 0.15) is 23.2 Å². The van der Waals surface area contributed by atoms with Crippen LogP contribution < -0.4 is 10.6 Å². The minimum absolute atomic E-state index is 0.0797. The fourth-order valence-electron chi connectivity index (χ4n) is 1.97. The van der Waals surface area contributed by atoms with Crippen molar-refractivity contribution < 1.29 is 4.79 Å². The third kappa shape index (κ3) is 4.34. The normalized spacial score (nSPS) is 14.9. The minimum Gasteiger partial charge on any atom is -0.352 e. The number of hydrogen-bond acceptors (Lipinski definition) is 2. The molecule has 0 aliphatic carbocycles. The van der Waals surface area contributed by atoms with Crippen molar-refractivity contribution in [3.8, 4) is 0 Å². The van der Waals surface area contributed by atoms with Gasteiger partial charge in [-0.15, -0.1) is 0 Å². The second-order valence-corrected chi connectivity index (χ2v) is 5.71. The van der Waals surface area contributed by atoms with E-state index in [0.717, 1.165) is 30.4 Å². The molecule has 0 radical (unpaired) electrons. The first kappa shape index (κ1) is 14.6. The van der Waals surface area contributed by atoms with Gasteiger partial charge in [-0.2, -0.15) is 0 Å². The lowest BCUT2D eigenvalue weighted by molar-refractivity contribution is 0.0954. The van der Waals surface area contributed by atoms with Crippen LogP contribution in [-0.4, -0.2) is 25.5 Å². The number of carbonyl (C=O) groups excluding carboxylic acids is 1. The third-order valence-corrected chi connectivity index (χ3v) is 4.30. The number of nitrogens with one attached hydrogen (secondary N) is 2. The van der Waals surface area contributed by atoms with Crippen LogP contribution in [-0.2, 0) is 0 Å². The predicted octanol–water partition coefficient (Wildman–Crippen LogP) is 3.14. The van der Waals surface area contributed by atoms with Crippen LogP contribution in [0.3, 0.4) is 0 Å². The van der Waals surface area contributed by atoms with E-state index in [1.165, 1.54) is 5.57 Å². The zero-order valence-electron chi connectivity index (χ0n) is 10.5. The minimum atomic E-state index is -0.0797. The van der Waals surface area contributed by atoms with Gasteiger partial charge in [0.2, 0.25) is 0 Å². The van der Waals surface area contributed by atoms with Crippen LogP contribution in [0.15, 0.2) is 34.3 Å². The molecule has 2 rings (SSSR count). The quantitative estimate of drug-likeness (QED) is 0.825. The Morgan fingerprint density at radius 2 is 2.32 bits per heavy atom. The Kier molecular flexibility index (Phi) is 5.43. The van der Waals surface area contributed by atoms with Gasteiger partial charge in [0, 0.05) is 23.1 Å². The highest BCUT2D eigenvalue weighted by atomic mass is 79.9. The predicted molar refractivity (Wildman–Crippen MR) is 81.7 cm³/mol. The maximum Gasteiger partial charge on any atom is 0.251 e. The lowest BCUT2D eigenvalue weighted by Crippen LogP contribution is -2.26. The molecule has 0 saturated carbocycles. The molecule has 0 unspecified atom stereocenters. The van der Waals surface area contributed by atoms with Crippen LogP contribution >= 0.6 is 27.5 Å². The van der Waals surface area contributed by atoms with Crippen molar-refractivity contribution in [2.45, 2.75) is 12.8 Å². The summed E-state index contributed by atoms with van der Waals surface area (Å²) in [6, 6.07) is 5.21. The van der Waals surface area contributed by atoms with Gasteiger partial charge in [0.15, 0.2) is 0 Å². The number of carbonyl (C=O) groups is 1. The van der Waals surface area contributed by atoms with Crippen LogP contribution in [0, 0.1) is 0 Å². The molecule has 0 spiro atoms. The van der Waals surface area contributed by atoms with E-state index in [4.69, 9.17) is 11.6 Å². The number of benzene rings is 1. The molecule has 1 aliphatic heterocycles. The molecule has 1 amide bonds. The van der Waals surface area contributed by atoms with Crippen LogP contribution in [0.25, 0.3) is 0 Å². The second kappa shape index (κ2) is 7.08. The van der Waals surface area contributed by atoms with Gasteiger partial charge in [0.25, 0.3) is 5.91 Å². The topological polar surface area (TPSA) is 41.1 Å². The molecule has 0 fully saturated rings. The van der Waals surface area contributed by atoms with Crippen molar-refractivity contribution in [2.75, 3.05) is 19.6 Å². The van der Waals surface area contributed by atoms with Gasteiger partial charge in [-0.25, -0.2) is 0 Å². The summed E-state index contributed by atoms with van der Waals surface area (Å²) < 4.78 is 0.797. The van der Waals surface area contributed by atoms with E-state index in [9.17, 15) is 4.79 Å². The molecule has 102 valence electrons. The summed E-state index contributed by atoms with van der Waals surface area (Å²) in [6.07, 6.45) is 4.18.